The molecule has 1 aromatic carbocycles. The number of benzene rings is 1. The number of rotatable bonds is 5. The fraction of sp³-hybridized carbons (Fsp3) is 0.200. The first-order valence-corrected chi connectivity index (χ1v) is 13.4. The van der Waals surface area contributed by atoms with Crippen molar-refractivity contribution in [3.8, 4) is 33.8 Å². The van der Waals surface area contributed by atoms with Crippen molar-refractivity contribution in [2.75, 3.05) is 25.5 Å². The van der Waals surface area contributed by atoms with Crippen molar-refractivity contribution in [3.63, 3.8) is 0 Å². The van der Waals surface area contributed by atoms with Crippen LogP contribution in [0.3, 0.4) is 0 Å². The first kappa shape index (κ1) is 25.0. The lowest BCUT2D eigenvalue weighted by Gasteiger charge is -2.28. The normalized spacial score (nSPS) is 14.6. The average Bonchev–Trinajstić information content (AvgIpc) is 3.61. The molecular formula is C30H26FN9O. The van der Waals surface area contributed by atoms with Gasteiger partial charge in [-0.05, 0) is 68.9 Å². The molecule has 7 rings (SSSR count). The number of nitrogens with one attached hydrogen (secondary N) is 3. The summed E-state index contributed by atoms with van der Waals surface area (Å²) in [6, 6.07) is 12.1. The third-order valence-electron chi connectivity index (χ3n) is 7.60. The van der Waals surface area contributed by atoms with Gasteiger partial charge in [-0.15, -0.1) is 0 Å². The molecule has 0 unspecified atom stereocenters. The van der Waals surface area contributed by atoms with Gasteiger partial charge in [-0.3, -0.25) is 14.9 Å². The number of hydrogen-bond acceptors (Lipinski definition) is 7. The second-order valence-electron chi connectivity index (χ2n) is 10.4. The molecule has 41 heavy (non-hydrogen) atoms. The highest BCUT2D eigenvalue weighted by Crippen LogP contribution is 2.32. The van der Waals surface area contributed by atoms with Crippen molar-refractivity contribution in [2.24, 2.45) is 5.92 Å². The van der Waals surface area contributed by atoms with Crippen LogP contribution >= 0.6 is 0 Å². The summed E-state index contributed by atoms with van der Waals surface area (Å²) in [7, 11) is 2.08. The lowest BCUT2D eigenvalue weighted by molar-refractivity contribution is -0.121. The van der Waals surface area contributed by atoms with E-state index in [0.29, 0.717) is 34.0 Å². The molecular weight excluding hydrogens is 521 g/mol. The standard InChI is InChI=1S/C30H26FN9O/c1-40-9-6-17(7-10-40)30(41)35-22-12-19(14-32-16-22)20-13-24-26(38-39-27(24)34-15-20)29-36-25-23(5-8-33-28(25)37-29)18-3-2-4-21(31)11-18/h2-5,8,11-17H,6-7,9-10H2,1H3,(H,35,41)(H,33,36,37)(H,34,38,39). The van der Waals surface area contributed by atoms with Crippen molar-refractivity contribution in [1.82, 2.24) is 40.0 Å². The summed E-state index contributed by atoms with van der Waals surface area (Å²) in [5.41, 5.74) is 6.17. The maximum Gasteiger partial charge on any atom is 0.227 e. The van der Waals surface area contributed by atoms with Crippen LogP contribution in [0.25, 0.3) is 56.0 Å². The van der Waals surface area contributed by atoms with E-state index in [0.717, 1.165) is 53.6 Å². The van der Waals surface area contributed by atoms with Crippen LogP contribution in [0.2, 0.25) is 0 Å². The van der Waals surface area contributed by atoms with Crippen LogP contribution in [0.15, 0.2) is 67.3 Å². The fourth-order valence-electron chi connectivity index (χ4n) is 5.35. The van der Waals surface area contributed by atoms with E-state index < -0.39 is 0 Å². The van der Waals surface area contributed by atoms with Crippen LogP contribution in [-0.4, -0.2) is 66.1 Å². The summed E-state index contributed by atoms with van der Waals surface area (Å²) in [5.74, 6) is 0.250. The molecule has 6 heterocycles. The highest BCUT2D eigenvalue weighted by atomic mass is 19.1. The van der Waals surface area contributed by atoms with E-state index in [9.17, 15) is 9.18 Å². The number of amides is 1. The summed E-state index contributed by atoms with van der Waals surface area (Å²) in [4.78, 5) is 36.4. The monoisotopic (exact) mass is 547 g/mol. The molecule has 11 heteroatoms. The number of pyridine rings is 3. The smallest absolute Gasteiger partial charge is 0.227 e. The number of fused-ring (bicyclic) bond motifs is 2. The number of carbonyl (C=O) groups excluding carboxylic acids is 1. The topological polar surface area (TPSA) is 128 Å². The molecule has 0 radical (unpaired) electrons. The van der Waals surface area contributed by atoms with E-state index in [1.54, 1.807) is 30.9 Å². The molecule has 1 fully saturated rings. The molecule has 6 aromatic rings. The van der Waals surface area contributed by atoms with Gasteiger partial charge >= 0.3 is 0 Å². The third kappa shape index (κ3) is 4.80. The van der Waals surface area contributed by atoms with Crippen LogP contribution in [0.1, 0.15) is 12.8 Å². The number of H-pyrrole nitrogens is 2. The minimum Gasteiger partial charge on any atom is -0.335 e. The molecule has 1 aliphatic rings. The Hall–Kier alpha value is -5.03. The van der Waals surface area contributed by atoms with E-state index >= 15 is 0 Å². The quantitative estimate of drug-likeness (QED) is 0.276. The van der Waals surface area contributed by atoms with E-state index in [1.165, 1.54) is 12.1 Å². The number of likely N-dealkylation sites (tertiary alicyclic amines) is 1. The summed E-state index contributed by atoms with van der Waals surface area (Å²) >= 11 is 0. The van der Waals surface area contributed by atoms with Crippen LogP contribution in [0.4, 0.5) is 10.1 Å². The largest absolute Gasteiger partial charge is 0.335 e. The van der Waals surface area contributed by atoms with Crippen LogP contribution in [-0.2, 0) is 4.79 Å². The summed E-state index contributed by atoms with van der Waals surface area (Å²) in [6.07, 6.45) is 8.48. The molecule has 3 N–H and O–H groups in total. The lowest BCUT2D eigenvalue weighted by atomic mass is 9.96. The first-order valence-electron chi connectivity index (χ1n) is 13.4. The zero-order valence-corrected chi connectivity index (χ0v) is 22.2. The molecule has 5 aromatic heterocycles. The summed E-state index contributed by atoms with van der Waals surface area (Å²) in [5, 5.41) is 11.2. The highest BCUT2D eigenvalue weighted by Gasteiger charge is 2.23. The Bertz CT molecular complexity index is 1910. The Morgan fingerprint density at radius 3 is 2.71 bits per heavy atom. The number of aromatic nitrogens is 7. The Kier molecular flexibility index (Phi) is 6.20. The zero-order valence-electron chi connectivity index (χ0n) is 22.2. The molecule has 0 bridgehead atoms. The fourth-order valence-corrected chi connectivity index (χ4v) is 5.35. The number of halogens is 1. The van der Waals surface area contributed by atoms with Gasteiger partial charge in [0.15, 0.2) is 17.1 Å². The van der Waals surface area contributed by atoms with E-state index in [1.807, 2.05) is 24.3 Å². The van der Waals surface area contributed by atoms with E-state index in [4.69, 9.17) is 0 Å². The predicted octanol–water partition coefficient (Wildman–Crippen LogP) is 5.04. The van der Waals surface area contributed by atoms with Crippen molar-refractivity contribution in [1.29, 1.82) is 0 Å². The maximum absolute atomic E-state index is 13.9. The second-order valence-corrected chi connectivity index (χ2v) is 10.4. The molecule has 0 aliphatic carbocycles. The number of aromatic amines is 2. The number of piperidine rings is 1. The number of hydrogen-bond donors (Lipinski definition) is 3. The van der Waals surface area contributed by atoms with Crippen LogP contribution < -0.4 is 5.32 Å². The van der Waals surface area contributed by atoms with Gasteiger partial charge in [0, 0.05) is 41.2 Å². The van der Waals surface area contributed by atoms with Gasteiger partial charge < -0.3 is 15.2 Å². The van der Waals surface area contributed by atoms with Gasteiger partial charge in [0.2, 0.25) is 5.91 Å². The average molecular weight is 548 g/mol. The molecule has 1 aliphatic heterocycles. The SMILES string of the molecule is CN1CCC(C(=O)Nc2cncc(-c3cnc4n[nH]c(-c5nc6nccc(-c7cccc(F)c7)c6[nH]5)c4c3)c2)CC1. The molecule has 1 amide bonds. The predicted molar refractivity (Wildman–Crippen MR) is 154 cm³/mol. The summed E-state index contributed by atoms with van der Waals surface area (Å²) < 4.78 is 13.9. The molecule has 0 saturated carbocycles. The number of imidazole rings is 1. The first-order chi connectivity index (χ1) is 20.0. The Morgan fingerprint density at radius 1 is 1.00 bits per heavy atom. The van der Waals surface area contributed by atoms with Crippen LogP contribution in [0.5, 0.6) is 0 Å². The Balaban J connectivity index is 1.21. The molecule has 1 saturated heterocycles. The van der Waals surface area contributed by atoms with Crippen molar-refractivity contribution in [2.45, 2.75) is 12.8 Å². The zero-order chi connectivity index (χ0) is 27.9. The molecule has 10 nitrogen and oxygen atoms in total. The van der Waals surface area contributed by atoms with Gasteiger partial charge in [0.05, 0.1) is 22.8 Å². The maximum atomic E-state index is 13.9. The van der Waals surface area contributed by atoms with Crippen molar-refractivity contribution >= 4 is 33.8 Å². The molecule has 0 atom stereocenters. The van der Waals surface area contributed by atoms with E-state index in [2.05, 4.69) is 52.4 Å². The Morgan fingerprint density at radius 2 is 1.85 bits per heavy atom. The molecule has 0 spiro atoms. The third-order valence-corrected chi connectivity index (χ3v) is 7.60. The van der Waals surface area contributed by atoms with Crippen molar-refractivity contribution in [3.05, 3.63) is 73.1 Å². The highest BCUT2D eigenvalue weighted by molar-refractivity contribution is 5.96. The lowest BCUT2D eigenvalue weighted by Crippen LogP contribution is -2.35. The van der Waals surface area contributed by atoms with E-state index in [-0.39, 0.29) is 17.6 Å². The molecule has 204 valence electrons. The number of nitrogens with zero attached hydrogens (tertiary/aromatic N) is 6. The van der Waals surface area contributed by atoms with Crippen molar-refractivity contribution < 1.29 is 9.18 Å². The van der Waals surface area contributed by atoms with Gasteiger partial charge in [-0.25, -0.2) is 19.3 Å². The number of anilines is 1. The van der Waals surface area contributed by atoms with Gasteiger partial charge in [-0.2, -0.15) is 5.10 Å². The van der Waals surface area contributed by atoms with Crippen LogP contribution in [0, 0.1) is 11.7 Å². The van der Waals surface area contributed by atoms with Gasteiger partial charge in [-0.1, -0.05) is 12.1 Å². The number of carbonyl (C=O) groups is 1. The minimum atomic E-state index is -0.315. The van der Waals surface area contributed by atoms with Gasteiger partial charge in [0.1, 0.15) is 11.5 Å². The minimum absolute atomic E-state index is 0.00101. The van der Waals surface area contributed by atoms with Gasteiger partial charge in [0.25, 0.3) is 0 Å². The second kappa shape index (κ2) is 10.2. The summed E-state index contributed by atoms with van der Waals surface area (Å²) in [6.45, 7) is 1.84. The Labute approximate surface area is 234 Å².